The van der Waals surface area contributed by atoms with Crippen molar-refractivity contribution in [1.29, 1.82) is 0 Å². The Morgan fingerprint density at radius 2 is 2.12 bits per heavy atom. The van der Waals surface area contributed by atoms with E-state index in [-0.39, 0.29) is 29.6 Å². The molecule has 1 aliphatic carbocycles. The number of benzene rings is 1. The summed E-state index contributed by atoms with van der Waals surface area (Å²) in [6.07, 6.45) is 5.15. The summed E-state index contributed by atoms with van der Waals surface area (Å²) < 4.78 is 0. The molecule has 0 radical (unpaired) electrons. The molecule has 1 aromatic carbocycles. The molecule has 0 spiro atoms. The van der Waals surface area contributed by atoms with E-state index in [1.54, 1.807) is 6.07 Å². The highest BCUT2D eigenvalue weighted by Crippen LogP contribution is 2.46. The molecule has 1 heterocycles. The average molecular weight is 392 g/mol. The minimum Gasteiger partial charge on any atom is -0.355 e. The number of halogens is 3. The zero-order valence-electron chi connectivity index (χ0n) is 13.9. The number of nitrogens with one attached hydrogen (secondary N) is 2. The van der Waals surface area contributed by atoms with Crippen molar-refractivity contribution < 1.29 is 4.79 Å². The lowest BCUT2D eigenvalue weighted by molar-refractivity contribution is -0.126. The topological polar surface area (TPSA) is 41.1 Å². The third kappa shape index (κ3) is 4.19. The molecular formula is C18H25Cl3N2O. The largest absolute Gasteiger partial charge is 0.355 e. The van der Waals surface area contributed by atoms with Gasteiger partial charge in [0.15, 0.2) is 0 Å². The Morgan fingerprint density at radius 3 is 2.71 bits per heavy atom. The number of piperidine rings is 1. The van der Waals surface area contributed by atoms with Crippen LogP contribution >= 0.6 is 35.6 Å². The molecule has 134 valence electrons. The number of carbonyl (C=O) groups is 1. The monoisotopic (exact) mass is 390 g/mol. The summed E-state index contributed by atoms with van der Waals surface area (Å²) in [7, 11) is 0. The molecule has 0 bridgehead atoms. The van der Waals surface area contributed by atoms with Gasteiger partial charge in [-0.15, -0.1) is 12.4 Å². The van der Waals surface area contributed by atoms with Crippen LogP contribution in [0.15, 0.2) is 18.2 Å². The van der Waals surface area contributed by atoms with E-state index in [1.165, 1.54) is 6.42 Å². The Labute approximate surface area is 160 Å². The van der Waals surface area contributed by atoms with Crippen LogP contribution in [-0.2, 0) is 10.2 Å². The Balaban J connectivity index is 0.00000208. The van der Waals surface area contributed by atoms with Gasteiger partial charge in [0, 0.05) is 34.0 Å². The van der Waals surface area contributed by atoms with Crippen molar-refractivity contribution in [2.75, 3.05) is 13.1 Å². The van der Waals surface area contributed by atoms with Gasteiger partial charge in [0.1, 0.15) is 0 Å². The summed E-state index contributed by atoms with van der Waals surface area (Å²) >= 11 is 12.4. The quantitative estimate of drug-likeness (QED) is 0.801. The smallest absolute Gasteiger partial charge is 0.223 e. The lowest BCUT2D eigenvalue weighted by Gasteiger charge is -2.43. The Hall–Kier alpha value is -0.480. The first kappa shape index (κ1) is 19.8. The molecule has 24 heavy (non-hydrogen) atoms. The maximum atomic E-state index is 12.5. The van der Waals surface area contributed by atoms with Gasteiger partial charge in [0.2, 0.25) is 5.91 Å². The fourth-order valence-corrected chi connectivity index (χ4v) is 4.44. The van der Waals surface area contributed by atoms with E-state index >= 15 is 0 Å². The van der Waals surface area contributed by atoms with Crippen molar-refractivity contribution in [1.82, 2.24) is 10.6 Å². The number of amides is 1. The Kier molecular flexibility index (Phi) is 6.83. The molecule has 3 nitrogen and oxygen atoms in total. The van der Waals surface area contributed by atoms with Gasteiger partial charge in [0.25, 0.3) is 0 Å². The van der Waals surface area contributed by atoms with Crippen molar-refractivity contribution in [2.24, 2.45) is 5.92 Å². The van der Waals surface area contributed by atoms with E-state index in [0.717, 1.165) is 37.8 Å². The van der Waals surface area contributed by atoms with E-state index in [1.807, 2.05) is 12.1 Å². The molecule has 2 atom stereocenters. The molecule has 1 aromatic rings. The van der Waals surface area contributed by atoms with Crippen molar-refractivity contribution in [3.63, 3.8) is 0 Å². The maximum Gasteiger partial charge on any atom is 0.223 e. The van der Waals surface area contributed by atoms with Crippen LogP contribution in [0, 0.1) is 5.92 Å². The highest BCUT2D eigenvalue weighted by atomic mass is 35.5. The molecule has 0 aromatic heterocycles. The van der Waals surface area contributed by atoms with Crippen LogP contribution in [0.25, 0.3) is 0 Å². The van der Waals surface area contributed by atoms with Crippen molar-refractivity contribution >= 4 is 41.5 Å². The first-order valence-corrected chi connectivity index (χ1v) is 9.22. The summed E-state index contributed by atoms with van der Waals surface area (Å²) in [6.45, 7) is 3.74. The van der Waals surface area contributed by atoms with E-state index in [9.17, 15) is 4.79 Å². The maximum absolute atomic E-state index is 12.5. The molecule has 0 unspecified atom stereocenters. The number of hydrogen-bond donors (Lipinski definition) is 2. The van der Waals surface area contributed by atoms with Gasteiger partial charge in [0.05, 0.1) is 0 Å². The van der Waals surface area contributed by atoms with Gasteiger partial charge in [-0.25, -0.2) is 0 Å². The number of hydrogen-bond acceptors (Lipinski definition) is 2. The van der Waals surface area contributed by atoms with E-state index in [0.29, 0.717) is 22.6 Å². The van der Waals surface area contributed by atoms with Crippen LogP contribution in [0.1, 0.15) is 44.6 Å². The third-order valence-electron chi connectivity index (χ3n) is 5.41. The second-order valence-electron chi connectivity index (χ2n) is 7.05. The highest BCUT2D eigenvalue weighted by Gasteiger charge is 2.40. The summed E-state index contributed by atoms with van der Waals surface area (Å²) in [4.78, 5) is 12.5. The van der Waals surface area contributed by atoms with Gasteiger partial charge < -0.3 is 10.6 Å². The van der Waals surface area contributed by atoms with Crippen LogP contribution in [0.3, 0.4) is 0 Å². The molecule has 1 saturated heterocycles. The molecule has 2 fully saturated rings. The molecule has 1 amide bonds. The second kappa shape index (κ2) is 8.27. The predicted molar refractivity (Wildman–Crippen MR) is 102 cm³/mol. The number of carbonyl (C=O) groups excluding carboxylic acids is 1. The minimum absolute atomic E-state index is 0. The molecule has 2 aliphatic rings. The highest BCUT2D eigenvalue weighted by molar-refractivity contribution is 6.35. The lowest BCUT2D eigenvalue weighted by atomic mass is 9.64. The summed E-state index contributed by atoms with van der Waals surface area (Å²) in [5.74, 6) is 0.318. The summed E-state index contributed by atoms with van der Waals surface area (Å²) in [5, 5.41) is 7.95. The van der Waals surface area contributed by atoms with Crippen molar-refractivity contribution in [3.05, 3.63) is 33.8 Å². The SMILES string of the molecule is C[C@H]1C[C@@H](C(=O)NCC2(c3ccc(Cl)cc3Cl)CCC2)CCN1.Cl. The van der Waals surface area contributed by atoms with E-state index in [2.05, 4.69) is 17.6 Å². The fraction of sp³-hybridized carbons (Fsp3) is 0.611. The number of rotatable bonds is 4. The van der Waals surface area contributed by atoms with Crippen LogP contribution in [0.2, 0.25) is 10.0 Å². The zero-order valence-corrected chi connectivity index (χ0v) is 16.2. The molecular weight excluding hydrogens is 367 g/mol. The van der Waals surface area contributed by atoms with Gasteiger partial charge in [-0.2, -0.15) is 0 Å². The van der Waals surface area contributed by atoms with Crippen molar-refractivity contribution in [3.8, 4) is 0 Å². The Morgan fingerprint density at radius 1 is 1.38 bits per heavy atom. The van der Waals surface area contributed by atoms with E-state index < -0.39 is 0 Å². The zero-order chi connectivity index (χ0) is 16.4. The average Bonchev–Trinajstić information content (AvgIpc) is 2.47. The van der Waals surface area contributed by atoms with Crippen LogP contribution in [0.5, 0.6) is 0 Å². The first-order chi connectivity index (χ1) is 11.0. The standard InChI is InChI=1S/C18H24Cl2N2O.ClH/c1-12-9-13(5-8-21-12)17(23)22-11-18(6-2-7-18)15-4-3-14(19)10-16(15)20;/h3-4,10,12-13,21H,2,5-9,11H2,1H3,(H,22,23);1H/t12-,13-;/m0./s1. The van der Waals surface area contributed by atoms with Gasteiger partial charge in [-0.3, -0.25) is 4.79 Å². The van der Waals surface area contributed by atoms with Gasteiger partial charge >= 0.3 is 0 Å². The molecule has 2 N–H and O–H groups in total. The summed E-state index contributed by atoms with van der Waals surface area (Å²) in [6, 6.07) is 6.12. The molecule has 1 aliphatic heterocycles. The second-order valence-corrected chi connectivity index (χ2v) is 7.90. The predicted octanol–water partition coefficient (Wildman–Crippen LogP) is 4.34. The van der Waals surface area contributed by atoms with Gasteiger partial charge in [-0.05, 0) is 56.8 Å². The Bertz CT molecular complexity index is 590. The van der Waals surface area contributed by atoms with Gasteiger partial charge in [-0.1, -0.05) is 35.7 Å². The van der Waals surface area contributed by atoms with Crippen LogP contribution in [0.4, 0.5) is 0 Å². The normalized spacial score (nSPS) is 25.3. The minimum atomic E-state index is -0.0180. The molecule has 6 heteroatoms. The fourth-order valence-electron chi connectivity index (χ4n) is 3.84. The third-order valence-corrected chi connectivity index (χ3v) is 5.96. The summed E-state index contributed by atoms with van der Waals surface area (Å²) in [5.41, 5.74) is 1.10. The van der Waals surface area contributed by atoms with Crippen LogP contribution < -0.4 is 10.6 Å². The van der Waals surface area contributed by atoms with E-state index in [4.69, 9.17) is 23.2 Å². The lowest BCUT2D eigenvalue weighted by Crippen LogP contribution is -2.49. The van der Waals surface area contributed by atoms with Crippen molar-refractivity contribution in [2.45, 2.75) is 50.5 Å². The van der Waals surface area contributed by atoms with Crippen LogP contribution in [-0.4, -0.2) is 25.0 Å². The molecule has 1 saturated carbocycles. The molecule has 3 rings (SSSR count). The first-order valence-electron chi connectivity index (χ1n) is 8.47.